The molecule has 2 unspecified atom stereocenters. The third-order valence-corrected chi connectivity index (χ3v) is 3.82. The lowest BCUT2D eigenvalue weighted by Gasteiger charge is -2.21. The number of nitro groups is 1. The van der Waals surface area contributed by atoms with Crippen molar-refractivity contribution in [3.8, 4) is 5.88 Å². The zero-order valence-corrected chi connectivity index (χ0v) is 11.8. The number of nitrogens with one attached hydrogen (secondary N) is 1. The quantitative estimate of drug-likeness (QED) is 0.579. The number of methoxy groups -OCH3 is 1. The number of aliphatic hydroxyl groups excluding tert-OH is 1. The zero-order chi connectivity index (χ0) is 14.4. The SMILES string of the molecule is COc1ccc([N+](=O)[O-])c(NC(C)C(CO)SC)n1. The number of hydrogen-bond donors (Lipinski definition) is 2. The Morgan fingerprint density at radius 2 is 2.32 bits per heavy atom. The van der Waals surface area contributed by atoms with E-state index in [9.17, 15) is 15.2 Å². The van der Waals surface area contributed by atoms with E-state index in [4.69, 9.17) is 4.74 Å². The molecular weight excluding hydrogens is 270 g/mol. The maximum absolute atomic E-state index is 10.9. The Morgan fingerprint density at radius 1 is 1.63 bits per heavy atom. The summed E-state index contributed by atoms with van der Waals surface area (Å²) in [6.45, 7) is 1.81. The van der Waals surface area contributed by atoms with Crippen LogP contribution in [0.15, 0.2) is 12.1 Å². The highest BCUT2D eigenvalue weighted by molar-refractivity contribution is 7.99. The first-order valence-corrected chi connectivity index (χ1v) is 6.91. The van der Waals surface area contributed by atoms with Crippen LogP contribution in [0.3, 0.4) is 0 Å². The monoisotopic (exact) mass is 287 g/mol. The van der Waals surface area contributed by atoms with Gasteiger partial charge in [0.1, 0.15) is 0 Å². The number of aliphatic hydroxyl groups is 1. The molecule has 1 aromatic heterocycles. The van der Waals surface area contributed by atoms with Crippen LogP contribution in [0.1, 0.15) is 6.92 Å². The summed E-state index contributed by atoms with van der Waals surface area (Å²) < 4.78 is 4.96. The van der Waals surface area contributed by atoms with Crippen LogP contribution in [0, 0.1) is 10.1 Å². The van der Waals surface area contributed by atoms with Crippen LogP contribution in [0.2, 0.25) is 0 Å². The van der Waals surface area contributed by atoms with Gasteiger partial charge in [-0.3, -0.25) is 10.1 Å². The van der Waals surface area contributed by atoms with Crippen molar-refractivity contribution in [2.75, 3.05) is 25.3 Å². The molecule has 2 atom stereocenters. The Kier molecular flexibility index (Phi) is 5.84. The lowest BCUT2D eigenvalue weighted by atomic mass is 10.2. The van der Waals surface area contributed by atoms with E-state index < -0.39 is 4.92 Å². The molecule has 0 fully saturated rings. The molecule has 1 aromatic rings. The summed E-state index contributed by atoms with van der Waals surface area (Å²) in [4.78, 5) is 14.5. The van der Waals surface area contributed by atoms with E-state index in [1.165, 1.54) is 31.0 Å². The highest BCUT2D eigenvalue weighted by Crippen LogP contribution is 2.26. The fourth-order valence-electron chi connectivity index (χ4n) is 1.55. The minimum atomic E-state index is -0.505. The Hall–Kier alpha value is -1.54. The minimum absolute atomic E-state index is 0.0207. The summed E-state index contributed by atoms with van der Waals surface area (Å²) >= 11 is 1.48. The molecule has 0 radical (unpaired) electrons. The predicted octanol–water partition coefficient (Wildman–Crippen LogP) is 1.52. The third-order valence-electron chi connectivity index (χ3n) is 2.66. The molecule has 0 spiro atoms. The summed E-state index contributed by atoms with van der Waals surface area (Å²) in [5.74, 6) is 0.439. The first-order chi connectivity index (χ1) is 9.03. The van der Waals surface area contributed by atoms with Crippen LogP contribution in [-0.2, 0) is 0 Å². The third kappa shape index (κ3) is 3.97. The van der Waals surface area contributed by atoms with E-state index >= 15 is 0 Å². The summed E-state index contributed by atoms with van der Waals surface area (Å²) in [5, 5.41) is 23.0. The van der Waals surface area contributed by atoms with Crippen molar-refractivity contribution in [3.05, 3.63) is 22.2 Å². The van der Waals surface area contributed by atoms with Crippen molar-refractivity contribution in [1.29, 1.82) is 0 Å². The average Bonchev–Trinajstić information content (AvgIpc) is 2.39. The van der Waals surface area contributed by atoms with Crippen LogP contribution in [0.25, 0.3) is 0 Å². The molecule has 0 amide bonds. The van der Waals surface area contributed by atoms with Gasteiger partial charge in [0, 0.05) is 23.4 Å². The number of aromatic nitrogens is 1. The number of ether oxygens (including phenoxy) is 1. The van der Waals surface area contributed by atoms with E-state index in [0.29, 0.717) is 5.88 Å². The molecule has 0 aliphatic heterocycles. The van der Waals surface area contributed by atoms with Gasteiger partial charge in [0.25, 0.3) is 0 Å². The lowest BCUT2D eigenvalue weighted by Crippen LogP contribution is -2.31. The number of pyridine rings is 1. The maximum atomic E-state index is 10.9. The number of hydrogen-bond acceptors (Lipinski definition) is 7. The number of nitrogens with zero attached hydrogens (tertiary/aromatic N) is 2. The number of thioether (sulfide) groups is 1. The lowest BCUT2D eigenvalue weighted by molar-refractivity contribution is -0.384. The van der Waals surface area contributed by atoms with Crippen LogP contribution >= 0.6 is 11.8 Å². The molecule has 0 aliphatic rings. The first-order valence-electron chi connectivity index (χ1n) is 5.63. The molecule has 2 N–H and O–H groups in total. The van der Waals surface area contributed by atoms with Gasteiger partial charge < -0.3 is 15.2 Å². The van der Waals surface area contributed by atoms with E-state index in [1.807, 2.05) is 13.2 Å². The molecule has 8 heteroatoms. The first kappa shape index (κ1) is 15.5. The second kappa shape index (κ2) is 7.15. The molecule has 1 rings (SSSR count). The van der Waals surface area contributed by atoms with Gasteiger partial charge in [-0.15, -0.1) is 0 Å². The van der Waals surface area contributed by atoms with Gasteiger partial charge in [-0.1, -0.05) is 0 Å². The van der Waals surface area contributed by atoms with E-state index in [-0.39, 0.29) is 29.4 Å². The maximum Gasteiger partial charge on any atom is 0.311 e. The molecule has 0 aromatic carbocycles. The number of rotatable bonds is 7. The van der Waals surface area contributed by atoms with Gasteiger partial charge >= 0.3 is 5.69 Å². The molecule has 0 bridgehead atoms. The summed E-state index contributed by atoms with van der Waals surface area (Å²) in [5.41, 5.74) is -0.120. The second-order valence-corrected chi connectivity index (χ2v) is 4.95. The van der Waals surface area contributed by atoms with Crippen molar-refractivity contribution >= 4 is 23.3 Å². The van der Waals surface area contributed by atoms with E-state index in [2.05, 4.69) is 10.3 Å². The van der Waals surface area contributed by atoms with Crippen LogP contribution < -0.4 is 10.1 Å². The van der Waals surface area contributed by atoms with Gasteiger partial charge in [0.05, 0.1) is 18.6 Å². The molecule has 106 valence electrons. The van der Waals surface area contributed by atoms with Crippen molar-refractivity contribution < 1.29 is 14.8 Å². The van der Waals surface area contributed by atoms with Gasteiger partial charge in [-0.25, -0.2) is 0 Å². The molecule has 0 saturated heterocycles. The Balaban J connectivity index is 3.00. The fraction of sp³-hybridized carbons (Fsp3) is 0.545. The smallest absolute Gasteiger partial charge is 0.311 e. The highest BCUT2D eigenvalue weighted by atomic mass is 32.2. The summed E-state index contributed by atoms with van der Waals surface area (Å²) in [6.07, 6.45) is 1.87. The second-order valence-electron chi connectivity index (χ2n) is 3.87. The minimum Gasteiger partial charge on any atom is -0.481 e. The molecule has 1 heterocycles. The van der Waals surface area contributed by atoms with E-state index in [0.717, 1.165) is 0 Å². The topological polar surface area (TPSA) is 97.5 Å². The zero-order valence-electron chi connectivity index (χ0n) is 11.0. The molecular formula is C11H17N3O4S. The Labute approximate surface area is 115 Å². The molecule has 0 aliphatic carbocycles. The fourth-order valence-corrected chi connectivity index (χ4v) is 2.17. The van der Waals surface area contributed by atoms with Crippen molar-refractivity contribution in [3.63, 3.8) is 0 Å². The van der Waals surface area contributed by atoms with Crippen molar-refractivity contribution in [2.45, 2.75) is 18.2 Å². The van der Waals surface area contributed by atoms with Crippen molar-refractivity contribution in [2.24, 2.45) is 0 Å². The van der Waals surface area contributed by atoms with Gasteiger partial charge in [0.2, 0.25) is 11.7 Å². The summed E-state index contributed by atoms with van der Waals surface area (Å²) in [6, 6.07) is 2.61. The van der Waals surface area contributed by atoms with E-state index in [1.54, 1.807) is 0 Å². The highest BCUT2D eigenvalue weighted by Gasteiger charge is 2.21. The standard InChI is InChI=1S/C11H17N3O4S/c1-7(9(6-15)19-3)12-11-8(14(16)17)4-5-10(13-11)18-2/h4-5,7,9,15H,6H2,1-3H3,(H,12,13). The van der Waals surface area contributed by atoms with Crippen LogP contribution in [-0.4, -0.2) is 46.3 Å². The predicted molar refractivity (Wildman–Crippen MR) is 74.9 cm³/mol. The van der Waals surface area contributed by atoms with Crippen LogP contribution in [0.4, 0.5) is 11.5 Å². The van der Waals surface area contributed by atoms with Gasteiger partial charge in [-0.2, -0.15) is 16.7 Å². The Morgan fingerprint density at radius 3 is 2.79 bits per heavy atom. The van der Waals surface area contributed by atoms with Crippen LogP contribution in [0.5, 0.6) is 5.88 Å². The largest absolute Gasteiger partial charge is 0.481 e. The Bertz CT molecular complexity index is 440. The van der Waals surface area contributed by atoms with Crippen molar-refractivity contribution in [1.82, 2.24) is 4.98 Å². The number of anilines is 1. The summed E-state index contributed by atoms with van der Waals surface area (Å²) in [7, 11) is 1.44. The average molecular weight is 287 g/mol. The van der Waals surface area contributed by atoms with Gasteiger partial charge in [-0.05, 0) is 13.2 Å². The molecule has 19 heavy (non-hydrogen) atoms. The van der Waals surface area contributed by atoms with Gasteiger partial charge in [0.15, 0.2) is 0 Å². The molecule has 0 saturated carbocycles. The molecule has 7 nitrogen and oxygen atoms in total. The normalized spacial score (nSPS) is 13.7.